The van der Waals surface area contributed by atoms with Gasteiger partial charge in [-0.05, 0) is 35.3 Å². The molecule has 2 atom stereocenters. The van der Waals surface area contributed by atoms with Crippen LogP contribution in [0.5, 0.6) is 0 Å². The van der Waals surface area contributed by atoms with Crippen molar-refractivity contribution in [2.24, 2.45) is 5.92 Å². The molecule has 0 amide bonds. The first kappa shape index (κ1) is 14.0. The molecule has 0 radical (unpaired) electrons. The van der Waals surface area contributed by atoms with E-state index in [9.17, 15) is 8.42 Å². The van der Waals surface area contributed by atoms with Gasteiger partial charge in [0.15, 0.2) is 4.67 Å². The largest absolute Gasteiger partial charge is 0.452 e. The van der Waals surface area contributed by atoms with Crippen molar-refractivity contribution < 1.29 is 12.8 Å². The molecule has 1 aromatic heterocycles. The Kier molecular flexibility index (Phi) is 4.15. The minimum Gasteiger partial charge on any atom is -0.452 e. The van der Waals surface area contributed by atoms with Gasteiger partial charge in [0.05, 0.1) is 6.54 Å². The lowest BCUT2D eigenvalue weighted by Gasteiger charge is -2.03. The first-order chi connectivity index (χ1) is 8.47. The van der Waals surface area contributed by atoms with Crippen LogP contribution in [-0.2, 0) is 16.6 Å². The van der Waals surface area contributed by atoms with Crippen LogP contribution in [0.4, 0.5) is 0 Å². The Morgan fingerprint density at radius 2 is 2.28 bits per heavy atom. The van der Waals surface area contributed by atoms with E-state index < -0.39 is 10.0 Å². The van der Waals surface area contributed by atoms with Crippen LogP contribution in [0.25, 0.3) is 0 Å². The molecule has 5 nitrogen and oxygen atoms in total. The van der Waals surface area contributed by atoms with Gasteiger partial charge in [0.2, 0.25) is 10.0 Å². The van der Waals surface area contributed by atoms with Gasteiger partial charge in [-0.3, -0.25) is 0 Å². The Morgan fingerprint density at radius 3 is 2.83 bits per heavy atom. The zero-order valence-electron chi connectivity index (χ0n) is 10.4. The zero-order chi connectivity index (χ0) is 13.3. The second-order valence-electron chi connectivity index (χ2n) is 4.51. The third-order valence-electron chi connectivity index (χ3n) is 3.10. The molecule has 1 aliphatic rings. The molecule has 0 aromatic carbocycles. The Morgan fingerprint density at radius 1 is 1.56 bits per heavy atom. The molecule has 0 aliphatic heterocycles. The summed E-state index contributed by atoms with van der Waals surface area (Å²) in [6.45, 7) is 2.56. The van der Waals surface area contributed by atoms with Crippen LogP contribution in [0.1, 0.15) is 25.5 Å². The Hall–Kier alpha value is -0.370. The van der Waals surface area contributed by atoms with Crippen LogP contribution < -0.4 is 10.0 Å². The van der Waals surface area contributed by atoms with Crippen molar-refractivity contribution in [2.45, 2.75) is 37.2 Å². The molecule has 1 saturated carbocycles. The van der Waals surface area contributed by atoms with Crippen LogP contribution in [0.2, 0.25) is 0 Å². The molecule has 2 N–H and O–H groups in total. The van der Waals surface area contributed by atoms with Crippen LogP contribution in [-0.4, -0.2) is 21.5 Å². The molecule has 0 saturated heterocycles. The van der Waals surface area contributed by atoms with Crippen molar-refractivity contribution in [1.82, 2.24) is 10.0 Å². The minimum absolute atomic E-state index is 0.0783. The average molecular weight is 337 g/mol. The van der Waals surface area contributed by atoms with Crippen molar-refractivity contribution in [1.29, 1.82) is 0 Å². The van der Waals surface area contributed by atoms with Crippen molar-refractivity contribution in [2.75, 3.05) is 7.05 Å². The zero-order valence-corrected chi connectivity index (χ0v) is 12.8. The normalized spacial score (nSPS) is 23.3. The highest BCUT2D eigenvalue weighted by Gasteiger charge is 2.39. The molecular formula is C11H17BrN2O3S. The highest BCUT2D eigenvalue weighted by molar-refractivity contribution is 9.10. The summed E-state index contributed by atoms with van der Waals surface area (Å²) in [7, 11) is -1.71. The quantitative estimate of drug-likeness (QED) is 0.831. The summed E-state index contributed by atoms with van der Waals surface area (Å²) in [4.78, 5) is 0.175. The van der Waals surface area contributed by atoms with E-state index in [0.717, 1.165) is 12.8 Å². The van der Waals surface area contributed by atoms with Gasteiger partial charge in [0, 0.05) is 12.1 Å². The Bertz CT molecular complexity index is 526. The van der Waals surface area contributed by atoms with Gasteiger partial charge >= 0.3 is 0 Å². The van der Waals surface area contributed by atoms with Gasteiger partial charge in [0.25, 0.3) is 0 Å². The summed E-state index contributed by atoms with van der Waals surface area (Å²) in [5, 5.41) is 2.92. The molecular weight excluding hydrogens is 320 g/mol. The van der Waals surface area contributed by atoms with Gasteiger partial charge in [0.1, 0.15) is 10.7 Å². The van der Waals surface area contributed by atoms with E-state index in [1.807, 2.05) is 0 Å². The van der Waals surface area contributed by atoms with Crippen molar-refractivity contribution >= 4 is 26.0 Å². The van der Waals surface area contributed by atoms with Gasteiger partial charge in [-0.2, -0.15) is 0 Å². The lowest BCUT2D eigenvalue weighted by molar-refractivity contribution is 0.470. The molecule has 7 heteroatoms. The first-order valence-electron chi connectivity index (χ1n) is 5.93. The summed E-state index contributed by atoms with van der Waals surface area (Å²) in [6.07, 6.45) is 1.93. The molecule has 1 aliphatic carbocycles. The predicted molar refractivity (Wildman–Crippen MR) is 71.7 cm³/mol. The number of hydrogen-bond donors (Lipinski definition) is 2. The monoisotopic (exact) mass is 336 g/mol. The summed E-state index contributed by atoms with van der Waals surface area (Å²) in [5.74, 6) is 1.06. The molecule has 1 fully saturated rings. The fourth-order valence-corrected chi connectivity index (χ4v) is 4.26. The maximum Gasteiger partial charge on any atom is 0.245 e. The highest BCUT2D eigenvalue weighted by Crippen LogP contribution is 2.35. The second-order valence-corrected chi connectivity index (χ2v) is 6.92. The molecule has 1 heterocycles. The van der Waals surface area contributed by atoms with Crippen LogP contribution >= 0.6 is 15.9 Å². The van der Waals surface area contributed by atoms with E-state index in [2.05, 4.69) is 32.9 Å². The standard InChI is InChI=1S/C11H17BrN2O3S/c1-3-7-4-9(7)14-18(15,16)10-5-8(6-13-2)17-11(10)12/h5,7,9,13-14H,3-4,6H2,1-2H3. The van der Waals surface area contributed by atoms with Crippen LogP contribution in [0.3, 0.4) is 0 Å². The number of rotatable bonds is 6. The van der Waals surface area contributed by atoms with E-state index in [1.165, 1.54) is 0 Å². The molecule has 1 aromatic rings. The third-order valence-corrected chi connectivity index (χ3v) is 5.45. The number of hydrogen-bond acceptors (Lipinski definition) is 4. The van der Waals surface area contributed by atoms with Crippen molar-refractivity contribution in [3.63, 3.8) is 0 Å². The third kappa shape index (κ3) is 2.96. The van der Waals surface area contributed by atoms with E-state index in [-0.39, 0.29) is 15.6 Å². The molecule has 2 rings (SSSR count). The molecule has 0 spiro atoms. The molecule has 2 unspecified atom stereocenters. The average Bonchev–Trinajstić information content (AvgIpc) is 2.92. The lowest BCUT2D eigenvalue weighted by Crippen LogP contribution is -2.27. The second kappa shape index (κ2) is 5.32. The maximum atomic E-state index is 12.2. The van der Waals surface area contributed by atoms with Crippen LogP contribution in [0.15, 0.2) is 20.0 Å². The molecule has 18 heavy (non-hydrogen) atoms. The molecule has 0 bridgehead atoms. The fourth-order valence-electron chi connectivity index (χ4n) is 1.95. The van der Waals surface area contributed by atoms with Crippen LogP contribution in [0, 0.1) is 5.92 Å². The predicted octanol–water partition coefficient (Wildman–Crippen LogP) is 1.84. The lowest BCUT2D eigenvalue weighted by atomic mass is 10.3. The topological polar surface area (TPSA) is 71.3 Å². The van der Waals surface area contributed by atoms with Gasteiger partial charge in [-0.25, -0.2) is 13.1 Å². The summed E-state index contributed by atoms with van der Waals surface area (Å²) < 4.78 is 32.6. The van der Waals surface area contributed by atoms with Gasteiger partial charge < -0.3 is 9.73 Å². The maximum absolute atomic E-state index is 12.2. The SMILES string of the molecule is CCC1CC1NS(=O)(=O)c1cc(CNC)oc1Br. The number of halogens is 1. The van der Waals surface area contributed by atoms with E-state index in [4.69, 9.17) is 4.42 Å². The van der Waals surface area contributed by atoms with Gasteiger partial charge in [-0.1, -0.05) is 13.3 Å². The smallest absolute Gasteiger partial charge is 0.245 e. The van der Waals surface area contributed by atoms with E-state index in [1.54, 1.807) is 13.1 Å². The summed E-state index contributed by atoms with van der Waals surface area (Å²) >= 11 is 3.15. The van der Waals surface area contributed by atoms with Crippen molar-refractivity contribution in [3.05, 3.63) is 16.5 Å². The summed E-state index contributed by atoms with van der Waals surface area (Å²) in [6, 6.07) is 1.63. The Balaban J connectivity index is 2.14. The number of sulfonamides is 1. The van der Waals surface area contributed by atoms with Crippen molar-refractivity contribution in [3.8, 4) is 0 Å². The highest BCUT2D eigenvalue weighted by atomic mass is 79.9. The van der Waals surface area contributed by atoms with E-state index in [0.29, 0.717) is 18.2 Å². The number of furan rings is 1. The molecule has 102 valence electrons. The first-order valence-corrected chi connectivity index (χ1v) is 8.20. The van der Waals surface area contributed by atoms with Gasteiger partial charge in [-0.15, -0.1) is 0 Å². The minimum atomic E-state index is -3.49. The Labute approximate surface area is 116 Å². The summed E-state index contributed by atoms with van der Waals surface area (Å²) in [5.41, 5.74) is 0. The number of nitrogens with one attached hydrogen (secondary N) is 2. The fraction of sp³-hybridized carbons (Fsp3) is 0.636. The van der Waals surface area contributed by atoms with E-state index >= 15 is 0 Å².